The molecule has 19 heavy (non-hydrogen) atoms. The minimum atomic E-state index is -3.19. The standard InChI is InChI=1S/C14H23NO3S/c1-4-6-9-19(16,17)15-11-13-10-12(5-2)7-8-14(13)18-3/h7-8,10,15H,4-6,9,11H2,1-3H3. The number of benzene rings is 1. The lowest BCUT2D eigenvalue weighted by atomic mass is 10.1. The summed E-state index contributed by atoms with van der Waals surface area (Å²) in [5, 5.41) is 0. The Morgan fingerprint density at radius 1 is 1.26 bits per heavy atom. The predicted molar refractivity (Wildman–Crippen MR) is 77.9 cm³/mol. The highest BCUT2D eigenvalue weighted by atomic mass is 32.2. The first-order valence-corrected chi connectivity index (χ1v) is 8.30. The van der Waals surface area contributed by atoms with Gasteiger partial charge in [0.05, 0.1) is 12.9 Å². The van der Waals surface area contributed by atoms with Crippen LogP contribution in [0.1, 0.15) is 37.8 Å². The van der Waals surface area contributed by atoms with Crippen LogP contribution in [0.4, 0.5) is 0 Å². The zero-order valence-corrected chi connectivity index (χ0v) is 12.7. The lowest BCUT2D eigenvalue weighted by Crippen LogP contribution is -2.26. The van der Waals surface area contributed by atoms with Crippen LogP contribution < -0.4 is 9.46 Å². The largest absolute Gasteiger partial charge is 0.496 e. The van der Waals surface area contributed by atoms with Crippen LogP contribution in [-0.4, -0.2) is 21.3 Å². The summed E-state index contributed by atoms with van der Waals surface area (Å²) in [4.78, 5) is 0. The average Bonchev–Trinajstić information content (AvgIpc) is 2.42. The summed E-state index contributed by atoms with van der Waals surface area (Å²) in [7, 11) is -1.60. The van der Waals surface area contributed by atoms with E-state index >= 15 is 0 Å². The summed E-state index contributed by atoms with van der Waals surface area (Å²) in [5.41, 5.74) is 2.05. The topological polar surface area (TPSA) is 55.4 Å². The van der Waals surface area contributed by atoms with Crippen LogP contribution in [0.5, 0.6) is 5.75 Å². The van der Waals surface area contributed by atoms with Crippen molar-refractivity contribution in [3.05, 3.63) is 29.3 Å². The van der Waals surface area contributed by atoms with E-state index in [0.717, 1.165) is 24.2 Å². The van der Waals surface area contributed by atoms with Gasteiger partial charge in [-0.1, -0.05) is 32.4 Å². The molecule has 0 atom stereocenters. The van der Waals surface area contributed by atoms with Crippen molar-refractivity contribution in [1.29, 1.82) is 0 Å². The van der Waals surface area contributed by atoms with Crippen molar-refractivity contribution >= 4 is 10.0 Å². The fraction of sp³-hybridized carbons (Fsp3) is 0.571. The molecule has 0 fully saturated rings. The van der Waals surface area contributed by atoms with E-state index < -0.39 is 10.0 Å². The fourth-order valence-corrected chi connectivity index (χ4v) is 2.97. The molecule has 0 aliphatic heterocycles. The second-order valence-corrected chi connectivity index (χ2v) is 6.42. The van der Waals surface area contributed by atoms with Gasteiger partial charge in [-0.25, -0.2) is 13.1 Å². The molecule has 0 unspecified atom stereocenters. The van der Waals surface area contributed by atoms with Gasteiger partial charge in [-0.15, -0.1) is 0 Å². The molecule has 1 aromatic rings. The fourth-order valence-electron chi connectivity index (χ4n) is 1.78. The van der Waals surface area contributed by atoms with Gasteiger partial charge in [0.2, 0.25) is 10.0 Å². The number of rotatable bonds is 8. The number of methoxy groups -OCH3 is 1. The third-order valence-corrected chi connectivity index (χ3v) is 4.41. The Hall–Kier alpha value is -1.07. The number of sulfonamides is 1. The molecule has 5 heteroatoms. The lowest BCUT2D eigenvalue weighted by Gasteiger charge is -2.11. The van der Waals surface area contributed by atoms with E-state index in [-0.39, 0.29) is 12.3 Å². The van der Waals surface area contributed by atoms with E-state index in [4.69, 9.17) is 4.74 Å². The van der Waals surface area contributed by atoms with Gasteiger partial charge in [0.25, 0.3) is 0 Å². The number of ether oxygens (including phenoxy) is 1. The number of nitrogens with one attached hydrogen (secondary N) is 1. The first-order chi connectivity index (χ1) is 9.02. The summed E-state index contributed by atoms with van der Waals surface area (Å²) >= 11 is 0. The van der Waals surface area contributed by atoms with Gasteiger partial charge in [0, 0.05) is 12.1 Å². The number of hydrogen-bond donors (Lipinski definition) is 1. The molecule has 1 aromatic carbocycles. The SMILES string of the molecule is CCCCS(=O)(=O)NCc1cc(CC)ccc1OC. The van der Waals surface area contributed by atoms with Crippen LogP contribution in [-0.2, 0) is 23.0 Å². The Kier molecular flexibility index (Phi) is 6.31. The maximum absolute atomic E-state index is 11.8. The normalized spacial score (nSPS) is 11.5. The Morgan fingerprint density at radius 2 is 2.00 bits per heavy atom. The second kappa shape index (κ2) is 7.50. The first kappa shape index (κ1) is 16.0. The zero-order valence-electron chi connectivity index (χ0n) is 11.9. The van der Waals surface area contributed by atoms with Crippen LogP contribution in [0, 0.1) is 0 Å². The molecule has 0 aliphatic carbocycles. The van der Waals surface area contributed by atoms with Crippen molar-refractivity contribution in [2.75, 3.05) is 12.9 Å². The quantitative estimate of drug-likeness (QED) is 0.798. The van der Waals surface area contributed by atoms with Crippen LogP contribution in [0.25, 0.3) is 0 Å². The van der Waals surface area contributed by atoms with Gasteiger partial charge in [0.15, 0.2) is 0 Å². The first-order valence-electron chi connectivity index (χ1n) is 6.65. The Bertz CT molecular complexity index is 497. The molecule has 0 radical (unpaired) electrons. The maximum Gasteiger partial charge on any atom is 0.211 e. The van der Waals surface area contributed by atoms with Gasteiger partial charge < -0.3 is 4.74 Å². The minimum Gasteiger partial charge on any atom is -0.496 e. The van der Waals surface area contributed by atoms with Gasteiger partial charge in [-0.2, -0.15) is 0 Å². The molecular weight excluding hydrogens is 262 g/mol. The number of hydrogen-bond acceptors (Lipinski definition) is 3. The van der Waals surface area contributed by atoms with Gasteiger partial charge in [-0.3, -0.25) is 0 Å². The van der Waals surface area contributed by atoms with Crippen LogP contribution >= 0.6 is 0 Å². The van der Waals surface area contributed by atoms with Crippen molar-refractivity contribution in [1.82, 2.24) is 4.72 Å². The Morgan fingerprint density at radius 3 is 2.58 bits per heavy atom. The van der Waals surface area contributed by atoms with E-state index in [2.05, 4.69) is 11.6 Å². The van der Waals surface area contributed by atoms with Crippen molar-refractivity contribution in [2.24, 2.45) is 0 Å². The highest BCUT2D eigenvalue weighted by molar-refractivity contribution is 7.89. The number of aryl methyl sites for hydroxylation is 1. The average molecular weight is 285 g/mol. The Labute approximate surface area is 116 Å². The molecule has 108 valence electrons. The molecule has 0 saturated heterocycles. The molecule has 0 aromatic heterocycles. The smallest absolute Gasteiger partial charge is 0.211 e. The van der Waals surface area contributed by atoms with E-state index in [0.29, 0.717) is 6.42 Å². The molecule has 0 bridgehead atoms. The van der Waals surface area contributed by atoms with E-state index in [1.807, 2.05) is 25.1 Å². The van der Waals surface area contributed by atoms with Crippen molar-refractivity contribution in [2.45, 2.75) is 39.7 Å². The third-order valence-electron chi connectivity index (χ3n) is 3.00. The summed E-state index contributed by atoms with van der Waals surface area (Å²) in [6, 6.07) is 5.86. The molecule has 0 spiro atoms. The maximum atomic E-state index is 11.8. The van der Waals surface area contributed by atoms with Gasteiger partial charge in [-0.05, 0) is 24.5 Å². The van der Waals surface area contributed by atoms with Crippen LogP contribution in [0.15, 0.2) is 18.2 Å². The number of unbranched alkanes of at least 4 members (excludes halogenated alkanes) is 1. The van der Waals surface area contributed by atoms with Crippen LogP contribution in [0.3, 0.4) is 0 Å². The predicted octanol–water partition coefficient (Wildman–Crippen LogP) is 2.48. The van der Waals surface area contributed by atoms with Crippen molar-refractivity contribution in [3.8, 4) is 5.75 Å². The molecular formula is C14H23NO3S. The summed E-state index contributed by atoms with van der Waals surface area (Å²) in [6.45, 7) is 4.32. The zero-order chi connectivity index (χ0) is 14.3. The molecule has 0 saturated carbocycles. The van der Waals surface area contributed by atoms with Gasteiger partial charge in [0.1, 0.15) is 5.75 Å². The van der Waals surface area contributed by atoms with E-state index in [1.54, 1.807) is 7.11 Å². The minimum absolute atomic E-state index is 0.180. The lowest BCUT2D eigenvalue weighted by molar-refractivity contribution is 0.409. The molecule has 4 nitrogen and oxygen atoms in total. The Balaban J connectivity index is 2.76. The monoisotopic (exact) mass is 285 g/mol. The van der Waals surface area contributed by atoms with Crippen molar-refractivity contribution in [3.63, 3.8) is 0 Å². The van der Waals surface area contributed by atoms with Crippen LogP contribution in [0.2, 0.25) is 0 Å². The van der Waals surface area contributed by atoms with Crippen molar-refractivity contribution < 1.29 is 13.2 Å². The summed E-state index contributed by atoms with van der Waals surface area (Å²) in [6.07, 6.45) is 2.47. The van der Waals surface area contributed by atoms with E-state index in [1.165, 1.54) is 5.56 Å². The highest BCUT2D eigenvalue weighted by Crippen LogP contribution is 2.20. The molecule has 0 amide bonds. The van der Waals surface area contributed by atoms with E-state index in [9.17, 15) is 8.42 Å². The highest BCUT2D eigenvalue weighted by Gasteiger charge is 2.11. The molecule has 1 N–H and O–H groups in total. The third kappa shape index (κ3) is 5.20. The molecule has 0 heterocycles. The second-order valence-electron chi connectivity index (χ2n) is 4.49. The summed E-state index contributed by atoms with van der Waals surface area (Å²) < 4.78 is 31.4. The summed E-state index contributed by atoms with van der Waals surface area (Å²) in [5.74, 6) is 0.898. The molecule has 0 aliphatic rings. The molecule has 1 rings (SSSR count). The van der Waals surface area contributed by atoms with Gasteiger partial charge >= 0.3 is 0 Å².